The van der Waals surface area contributed by atoms with Gasteiger partial charge in [-0.3, -0.25) is 4.79 Å². The molecule has 1 amide bonds. The van der Waals surface area contributed by atoms with Gasteiger partial charge in [-0.15, -0.1) is 0 Å². The topological polar surface area (TPSA) is 47.6 Å². The molecule has 1 aliphatic carbocycles. The lowest BCUT2D eigenvalue weighted by molar-refractivity contribution is 0.0943. The molecule has 0 saturated heterocycles. The Bertz CT molecular complexity index is 493. The first-order chi connectivity index (χ1) is 10.6. The Hall–Kier alpha value is -1.71. The van der Waals surface area contributed by atoms with Crippen molar-refractivity contribution in [3.8, 4) is 11.5 Å². The number of benzene rings is 1. The van der Waals surface area contributed by atoms with Crippen LogP contribution >= 0.6 is 0 Å². The van der Waals surface area contributed by atoms with E-state index in [1.165, 1.54) is 32.1 Å². The minimum Gasteiger partial charge on any atom is -0.493 e. The van der Waals surface area contributed by atoms with Gasteiger partial charge in [-0.25, -0.2) is 0 Å². The molecule has 22 heavy (non-hydrogen) atoms. The first-order valence-electron chi connectivity index (χ1n) is 8.23. The van der Waals surface area contributed by atoms with Crippen LogP contribution in [0.5, 0.6) is 11.5 Å². The summed E-state index contributed by atoms with van der Waals surface area (Å²) in [4.78, 5) is 12.3. The predicted molar refractivity (Wildman–Crippen MR) is 87.7 cm³/mol. The highest BCUT2D eigenvalue weighted by molar-refractivity contribution is 5.94. The van der Waals surface area contributed by atoms with Gasteiger partial charge in [-0.1, -0.05) is 19.3 Å². The lowest BCUT2D eigenvalue weighted by Crippen LogP contribution is -2.30. The molecule has 0 heterocycles. The Labute approximate surface area is 133 Å². The van der Waals surface area contributed by atoms with Crippen molar-refractivity contribution in [2.24, 2.45) is 5.92 Å². The average Bonchev–Trinajstić information content (AvgIpc) is 2.53. The summed E-state index contributed by atoms with van der Waals surface area (Å²) in [6, 6.07) is 5.33. The summed E-state index contributed by atoms with van der Waals surface area (Å²) in [7, 11) is 1.59. The molecular formula is C18H27NO3. The van der Waals surface area contributed by atoms with E-state index in [0.29, 0.717) is 23.0 Å². The number of amides is 1. The molecule has 4 heteroatoms. The molecule has 0 unspecified atom stereocenters. The summed E-state index contributed by atoms with van der Waals surface area (Å²) in [5.74, 6) is 1.85. The van der Waals surface area contributed by atoms with Crippen LogP contribution in [-0.4, -0.2) is 25.7 Å². The Balaban J connectivity index is 1.96. The summed E-state index contributed by atoms with van der Waals surface area (Å²) < 4.78 is 11.0. The molecule has 4 nitrogen and oxygen atoms in total. The number of hydrogen-bond donors (Lipinski definition) is 1. The molecule has 0 aromatic heterocycles. The van der Waals surface area contributed by atoms with E-state index >= 15 is 0 Å². The van der Waals surface area contributed by atoms with Crippen LogP contribution in [0.1, 0.15) is 56.3 Å². The second-order valence-electron chi connectivity index (χ2n) is 6.25. The summed E-state index contributed by atoms with van der Waals surface area (Å²) in [5.41, 5.74) is 0.615. The fourth-order valence-corrected chi connectivity index (χ4v) is 2.89. The van der Waals surface area contributed by atoms with Crippen LogP contribution in [-0.2, 0) is 0 Å². The smallest absolute Gasteiger partial charge is 0.251 e. The maximum atomic E-state index is 12.3. The molecule has 1 fully saturated rings. The van der Waals surface area contributed by atoms with Crippen LogP contribution in [0.4, 0.5) is 0 Å². The number of hydrogen-bond acceptors (Lipinski definition) is 3. The second-order valence-corrected chi connectivity index (χ2v) is 6.25. The van der Waals surface area contributed by atoms with E-state index in [9.17, 15) is 4.79 Å². The van der Waals surface area contributed by atoms with Crippen molar-refractivity contribution < 1.29 is 14.3 Å². The van der Waals surface area contributed by atoms with E-state index in [-0.39, 0.29) is 12.0 Å². The van der Waals surface area contributed by atoms with Gasteiger partial charge in [0.2, 0.25) is 0 Å². The summed E-state index contributed by atoms with van der Waals surface area (Å²) in [6.07, 6.45) is 6.43. The van der Waals surface area contributed by atoms with Gasteiger partial charge in [0.1, 0.15) is 0 Å². The molecule has 0 spiro atoms. The Morgan fingerprint density at radius 2 is 1.95 bits per heavy atom. The zero-order valence-corrected chi connectivity index (χ0v) is 13.9. The third kappa shape index (κ3) is 4.65. The SMILES string of the molecule is COc1cc(C(=O)NCC2CCCCC2)ccc1OC(C)C. The van der Waals surface area contributed by atoms with Gasteiger partial charge in [-0.05, 0) is 50.8 Å². The molecule has 2 rings (SSSR count). The van der Waals surface area contributed by atoms with E-state index in [2.05, 4.69) is 5.32 Å². The van der Waals surface area contributed by atoms with Gasteiger partial charge in [0.15, 0.2) is 11.5 Å². The van der Waals surface area contributed by atoms with Crippen LogP contribution in [0.15, 0.2) is 18.2 Å². The predicted octanol–water partition coefficient (Wildman–Crippen LogP) is 3.79. The van der Waals surface area contributed by atoms with E-state index in [4.69, 9.17) is 9.47 Å². The minimum absolute atomic E-state index is 0.0417. The molecule has 1 saturated carbocycles. The molecule has 0 atom stereocenters. The van der Waals surface area contributed by atoms with Gasteiger partial charge in [0, 0.05) is 12.1 Å². The summed E-state index contributed by atoms with van der Waals surface area (Å²) in [6.45, 7) is 4.69. The number of nitrogens with one attached hydrogen (secondary N) is 1. The molecule has 0 radical (unpaired) electrons. The van der Waals surface area contributed by atoms with Crippen LogP contribution in [0.2, 0.25) is 0 Å². The first-order valence-corrected chi connectivity index (χ1v) is 8.23. The van der Waals surface area contributed by atoms with Crippen LogP contribution in [0.3, 0.4) is 0 Å². The van der Waals surface area contributed by atoms with E-state index in [1.807, 2.05) is 13.8 Å². The summed E-state index contributed by atoms with van der Waals surface area (Å²) >= 11 is 0. The Kier molecular flexibility index (Phi) is 6.10. The minimum atomic E-state index is -0.0417. The fraction of sp³-hybridized carbons (Fsp3) is 0.611. The van der Waals surface area contributed by atoms with E-state index in [0.717, 1.165) is 6.54 Å². The molecule has 1 N–H and O–H groups in total. The van der Waals surface area contributed by atoms with Crippen molar-refractivity contribution in [2.75, 3.05) is 13.7 Å². The molecule has 0 bridgehead atoms. The maximum absolute atomic E-state index is 12.3. The Morgan fingerprint density at radius 3 is 2.59 bits per heavy atom. The van der Waals surface area contributed by atoms with Gasteiger partial charge in [0.05, 0.1) is 13.2 Å². The number of carbonyl (C=O) groups excluding carboxylic acids is 1. The second kappa shape index (κ2) is 8.06. The highest BCUT2D eigenvalue weighted by atomic mass is 16.5. The lowest BCUT2D eigenvalue weighted by atomic mass is 9.89. The highest BCUT2D eigenvalue weighted by Crippen LogP contribution is 2.29. The van der Waals surface area contributed by atoms with Crippen LogP contribution in [0.25, 0.3) is 0 Å². The molecule has 122 valence electrons. The number of carbonyl (C=O) groups is 1. The molecule has 0 aliphatic heterocycles. The number of rotatable bonds is 6. The Morgan fingerprint density at radius 1 is 1.23 bits per heavy atom. The zero-order valence-electron chi connectivity index (χ0n) is 13.9. The average molecular weight is 305 g/mol. The third-order valence-electron chi connectivity index (χ3n) is 4.06. The highest BCUT2D eigenvalue weighted by Gasteiger charge is 2.16. The molecule has 1 aromatic carbocycles. The zero-order chi connectivity index (χ0) is 15.9. The number of ether oxygens (including phenoxy) is 2. The largest absolute Gasteiger partial charge is 0.493 e. The molecule has 1 aliphatic rings. The van der Waals surface area contributed by atoms with Crippen molar-refractivity contribution in [2.45, 2.75) is 52.1 Å². The lowest BCUT2D eigenvalue weighted by Gasteiger charge is -2.21. The summed E-state index contributed by atoms with van der Waals surface area (Å²) in [5, 5.41) is 3.04. The van der Waals surface area contributed by atoms with Gasteiger partial charge in [0.25, 0.3) is 5.91 Å². The molecular weight excluding hydrogens is 278 g/mol. The van der Waals surface area contributed by atoms with Crippen LogP contribution in [0, 0.1) is 5.92 Å². The van der Waals surface area contributed by atoms with Gasteiger partial charge < -0.3 is 14.8 Å². The van der Waals surface area contributed by atoms with Crippen molar-refractivity contribution >= 4 is 5.91 Å². The van der Waals surface area contributed by atoms with Crippen molar-refractivity contribution in [1.82, 2.24) is 5.32 Å². The first kappa shape index (κ1) is 16.7. The third-order valence-corrected chi connectivity index (χ3v) is 4.06. The number of methoxy groups -OCH3 is 1. The monoisotopic (exact) mass is 305 g/mol. The van der Waals surface area contributed by atoms with Crippen molar-refractivity contribution in [3.63, 3.8) is 0 Å². The van der Waals surface area contributed by atoms with Gasteiger partial charge >= 0.3 is 0 Å². The maximum Gasteiger partial charge on any atom is 0.251 e. The van der Waals surface area contributed by atoms with E-state index < -0.39 is 0 Å². The van der Waals surface area contributed by atoms with Gasteiger partial charge in [-0.2, -0.15) is 0 Å². The van der Waals surface area contributed by atoms with Crippen LogP contribution < -0.4 is 14.8 Å². The van der Waals surface area contributed by atoms with E-state index in [1.54, 1.807) is 25.3 Å². The fourth-order valence-electron chi connectivity index (χ4n) is 2.89. The normalized spacial score (nSPS) is 15.6. The van der Waals surface area contributed by atoms with Crippen molar-refractivity contribution in [1.29, 1.82) is 0 Å². The van der Waals surface area contributed by atoms with Crippen molar-refractivity contribution in [3.05, 3.63) is 23.8 Å². The quantitative estimate of drug-likeness (QED) is 0.869. The standard InChI is InChI=1S/C18H27NO3/c1-13(2)22-16-10-9-15(11-17(16)21-3)18(20)19-12-14-7-5-4-6-8-14/h9-11,13-14H,4-8,12H2,1-3H3,(H,19,20). The molecule has 1 aromatic rings.